The van der Waals surface area contributed by atoms with E-state index in [0.29, 0.717) is 0 Å². The van der Waals surface area contributed by atoms with E-state index in [-0.39, 0.29) is 0 Å². The molecular formula is C5H11NO2P+. The number of carbonyl (C=O) groups is 1. The molecule has 3 nitrogen and oxygen atoms in total. The molecule has 0 bridgehead atoms. The second kappa shape index (κ2) is 2.92. The van der Waals surface area contributed by atoms with Crippen LogP contribution in [0.15, 0.2) is 4.74 Å². The van der Waals surface area contributed by atoms with E-state index in [1.54, 1.807) is 20.8 Å². The molecule has 0 aromatic rings. The third-order valence-corrected chi connectivity index (χ3v) is 0.710. The van der Waals surface area contributed by atoms with Gasteiger partial charge in [-0.2, -0.15) is 0 Å². The van der Waals surface area contributed by atoms with Crippen LogP contribution in [0.3, 0.4) is 0 Å². The molecule has 0 aliphatic rings. The molecule has 0 saturated carbocycles. The Labute approximate surface area is 56.7 Å². The number of ether oxygens (including phenoxy) is 1. The lowest BCUT2D eigenvalue weighted by Crippen LogP contribution is -2.21. The lowest BCUT2D eigenvalue weighted by atomic mass is 10.2. The summed E-state index contributed by atoms with van der Waals surface area (Å²) in [6, 6.07) is 0. The molecule has 0 aliphatic heterocycles. The largest absolute Gasteiger partial charge is 0.471 e. The maximum atomic E-state index is 10.4. The first-order chi connectivity index (χ1) is 3.95. The summed E-state index contributed by atoms with van der Waals surface area (Å²) in [5, 5.41) is 0. The van der Waals surface area contributed by atoms with Crippen LogP contribution in [0.2, 0.25) is 0 Å². The SMILES string of the molecule is CC(C)(C)OC(=O)N=[PH2+]. The molecule has 0 aromatic heterocycles. The van der Waals surface area contributed by atoms with Gasteiger partial charge in [0.05, 0.1) is 0 Å². The molecule has 0 spiro atoms. The summed E-state index contributed by atoms with van der Waals surface area (Å²) >= 11 is 0. The monoisotopic (exact) mass is 148 g/mol. The number of hydrogen-bond acceptors (Lipinski definition) is 2. The van der Waals surface area contributed by atoms with Gasteiger partial charge in [0.1, 0.15) is 5.60 Å². The molecule has 0 radical (unpaired) electrons. The van der Waals surface area contributed by atoms with Crippen LogP contribution in [0, 0.1) is 0 Å². The van der Waals surface area contributed by atoms with Gasteiger partial charge < -0.3 is 4.74 Å². The minimum absolute atomic E-state index is 0.433. The molecule has 1 unspecified atom stereocenters. The summed E-state index contributed by atoms with van der Waals surface area (Å²) in [5.41, 5.74) is -0.433. The topological polar surface area (TPSA) is 38.7 Å². The zero-order valence-corrected chi connectivity index (χ0v) is 7.00. The third-order valence-electron chi connectivity index (χ3n) is 0.499. The van der Waals surface area contributed by atoms with Crippen molar-refractivity contribution in [2.24, 2.45) is 4.74 Å². The Kier molecular flexibility index (Phi) is 2.78. The number of carbonyl (C=O) groups excluding carboxylic acids is 1. The van der Waals surface area contributed by atoms with Gasteiger partial charge in [0, 0.05) is 4.74 Å². The fraction of sp³-hybridized carbons (Fsp3) is 0.800. The molecule has 0 fully saturated rings. The van der Waals surface area contributed by atoms with Crippen molar-refractivity contribution in [2.75, 3.05) is 0 Å². The number of hydrogen-bond donors (Lipinski definition) is 0. The molecular weight excluding hydrogens is 137 g/mol. The van der Waals surface area contributed by atoms with Crippen molar-refractivity contribution in [3.63, 3.8) is 0 Å². The molecule has 0 heterocycles. The number of amides is 1. The minimum Gasteiger partial charge on any atom is -0.440 e. The van der Waals surface area contributed by atoms with Gasteiger partial charge in [-0.05, 0) is 20.8 Å². The van der Waals surface area contributed by atoms with E-state index in [1.807, 2.05) is 9.03 Å². The summed E-state index contributed by atoms with van der Waals surface area (Å²) in [6.07, 6.45) is -0.549. The van der Waals surface area contributed by atoms with E-state index >= 15 is 0 Å². The number of rotatable bonds is 0. The van der Waals surface area contributed by atoms with Crippen LogP contribution in [0.4, 0.5) is 4.79 Å². The van der Waals surface area contributed by atoms with E-state index in [0.717, 1.165) is 0 Å². The lowest BCUT2D eigenvalue weighted by Gasteiger charge is -2.15. The maximum absolute atomic E-state index is 10.4. The van der Waals surface area contributed by atoms with Crippen molar-refractivity contribution < 1.29 is 9.53 Å². The van der Waals surface area contributed by atoms with E-state index in [4.69, 9.17) is 4.74 Å². The van der Waals surface area contributed by atoms with Crippen molar-refractivity contribution >= 4 is 15.1 Å². The predicted molar refractivity (Wildman–Crippen MR) is 38.4 cm³/mol. The van der Waals surface area contributed by atoms with E-state index < -0.39 is 11.7 Å². The van der Waals surface area contributed by atoms with Crippen LogP contribution >= 0.6 is 9.03 Å². The summed E-state index contributed by atoms with van der Waals surface area (Å²) in [4.78, 5) is 10.4. The Morgan fingerprint density at radius 2 is 2.00 bits per heavy atom. The fourth-order valence-corrected chi connectivity index (χ4v) is 0.341. The smallest absolute Gasteiger partial charge is 0.440 e. The molecule has 9 heavy (non-hydrogen) atoms. The van der Waals surface area contributed by atoms with Crippen molar-refractivity contribution in [1.29, 1.82) is 0 Å². The Morgan fingerprint density at radius 1 is 1.56 bits per heavy atom. The molecule has 0 saturated heterocycles. The van der Waals surface area contributed by atoms with Crippen LogP contribution in [-0.2, 0) is 4.74 Å². The first-order valence-electron chi connectivity index (χ1n) is 2.59. The fourth-order valence-electron chi connectivity index (χ4n) is 0.288. The highest BCUT2D eigenvalue weighted by Crippen LogP contribution is 2.07. The normalized spacial score (nSPS) is 10.6. The van der Waals surface area contributed by atoms with Crippen molar-refractivity contribution in [1.82, 2.24) is 0 Å². The van der Waals surface area contributed by atoms with Crippen LogP contribution in [0.1, 0.15) is 20.8 Å². The summed E-state index contributed by atoms with van der Waals surface area (Å²) in [5.74, 6) is 0. The Morgan fingerprint density at radius 3 is 2.11 bits per heavy atom. The van der Waals surface area contributed by atoms with Crippen molar-refractivity contribution in [3.8, 4) is 0 Å². The van der Waals surface area contributed by atoms with Gasteiger partial charge in [0.2, 0.25) is 0 Å². The maximum Gasteiger partial charge on any atom is 0.471 e. The Hall–Kier alpha value is -0.430. The summed E-state index contributed by atoms with van der Waals surface area (Å²) < 4.78 is 7.99. The van der Waals surface area contributed by atoms with E-state index in [2.05, 4.69) is 4.74 Å². The Balaban J connectivity index is 3.74. The van der Waals surface area contributed by atoms with Gasteiger partial charge in [-0.1, -0.05) is 0 Å². The highest BCUT2D eigenvalue weighted by atomic mass is 31.0. The average Bonchev–Trinajstić information content (AvgIpc) is 1.62. The lowest BCUT2D eigenvalue weighted by molar-refractivity contribution is 0.0608. The quantitative estimate of drug-likeness (QED) is 0.492. The molecule has 52 valence electrons. The summed E-state index contributed by atoms with van der Waals surface area (Å²) in [7, 11) is 1.95. The first kappa shape index (κ1) is 8.57. The van der Waals surface area contributed by atoms with Gasteiger partial charge >= 0.3 is 6.09 Å². The summed E-state index contributed by atoms with van der Waals surface area (Å²) in [6.45, 7) is 5.38. The van der Waals surface area contributed by atoms with Crippen molar-refractivity contribution in [3.05, 3.63) is 0 Å². The van der Waals surface area contributed by atoms with Crippen LogP contribution in [-0.4, -0.2) is 11.7 Å². The number of nitrogens with zero attached hydrogens (tertiary/aromatic N) is 1. The zero-order chi connectivity index (χ0) is 7.49. The van der Waals surface area contributed by atoms with Crippen LogP contribution in [0.5, 0.6) is 0 Å². The van der Waals surface area contributed by atoms with Crippen LogP contribution in [0.25, 0.3) is 0 Å². The molecule has 0 N–H and O–H groups in total. The highest BCUT2D eigenvalue weighted by Gasteiger charge is 2.15. The van der Waals surface area contributed by atoms with Gasteiger partial charge in [0.15, 0.2) is 9.03 Å². The van der Waals surface area contributed by atoms with E-state index in [1.165, 1.54) is 0 Å². The molecule has 4 heteroatoms. The molecule has 1 amide bonds. The highest BCUT2D eigenvalue weighted by molar-refractivity contribution is 7.04. The standard InChI is InChI=1S/C5H10NO2P/c1-5(2,3)8-4(7)6-9/h9H,1-3H3/p+1. The predicted octanol–water partition coefficient (Wildman–Crippen LogP) is 1.98. The van der Waals surface area contributed by atoms with Gasteiger partial charge in [-0.3, -0.25) is 0 Å². The van der Waals surface area contributed by atoms with Gasteiger partial charge in [-0.15, -0.1) is 0 Å². The van der Waals surface area contributed by atoms with Gasteiger partial charge in [0.25, 0.3) is 0 Å². The minimum atomic E-state index is -0.549. The second-order valence-electron chi connectivity index (χ2n) is 2.61. The van der Waals surface area contributed by atoms with Gasteiger partial charge in [-0.25, -0.2) is 4.79 Å². The molecule has 1 atom stereocenters. The van der Waals surface area contributed by atoms with E-state index in [9.17, 15) is 4.79 Å². The molecule has 0 rings (SSSR count). The molecule has 0 aliphatic carbocycles. The third kappa shape index (κ3) is 5.44. The average molecular weight is 148 g/mol. The Bertz CT molecular complexity index is 127. The van der Waals surface area contributed by atoms with Crippen LogP contribution < -0.4 is 0 Å². The first-order valence-corrected chi connectivity index (χ1v) is 3.11. The van der Waals surface area contributed by atoms with Crippen molar-refractivity contribution in [2.45, 2.75) is 26.4 Å². The molecule has 0 aromatic carbocycles. The second-order valence-corrected chi connectivity index (χ2v) is 2.87. The zero-order valence-electron chi connectivity index (χ0n) is 5.84.